The van der Waals surface area contributed by atoms with Crippen LogP contribution in [0.15, 0.2) is 15.0 Å². The molecular formula is C16H20N4O4. The standard InChI is InChI=1S/C16H20N4O4/c1-8(2)13-17-12(19-24-13)7-20-14(21)16(5,18-15(20)22)11-6-9(3)23-10(11)4/h6,8H,7H2,1-5H3,(H,18,22)/t16-/m1/s1. The Labute approximate surface area is 139 Å². The first kappa shape index (κ1) is 16.2. The Balaban J connectivity index is 1.87. The summed E-state index contributed by atoms with van der Waals surface area (Å²) < 4.78 is 10.6. The van der Waals surface area contributed by atoms with Crippen molar-refractivity contribution < 1.29 is 18.5 Å². The number of hydrogen-bond acceptors (Lipinski definition) is 6. The van der Waals surface area contributed by atoms with E-state index < -0.39 is 11.6 Å². The number of aromatic nitrogens is 2. The molecule has 1 N–H and O–H groups in total. The lowest BCUT2D eigenvalue weighted by Gasteiger charge is -2.20. The van der Waals surface area contributed by atoms with E-state index in [0.29, 0.717) is 28.8 Å². The number of furan rings is 1. The van der Waals surface area contributed by atoms with Gasteiger partial charge in [0.2, 0.25) is 5.89 Å². The van der Waals surface area contributed by atoms with Gasteiger partial charge in [-0.15, -0.1) is 0 Å². The van der Waals surface area contributed by atoms with Gasteiger partial charge in [-0.05, 0) is 26.8 Å². The van der Waals surface area contributed by atoms with Crippen molar-refractivity contribution in [3.8, 4) is 0 Å². The Bertz CT molecular complexity index is 807. The number of aryl methyl sites for hydroxylation is 2. The van der Waals surface area contributed by atoms with Crippen molar-refractivity contribution in [2.24, 2.45) is 0 Å². The van der Waals surface area contributed by atoms with Crippen LogP contribution in [0.25, 0.3) is 0 Å². The van der Waals surface area contributed by atoms with Crippen LogP contribution in [0.2, 0.25) is 0 Å². The van der Waals surface area contributed by atoms with E-state index in [2.05, 4.69) is 15.5 Å². The number of carbonyl (C=O) groups excluding carboxylic acids is 2. The number of amides is 3. The van der Waals surface area contributed by atoms with Gasteiger partial charge in [-0.2, -0.15) is 4.98 Å². The molecule has 0 radical (unpaired) electrons. The number of nitrogens with zero attached hydrogens (tertiary/aromatic N) is 3. The molecule has 1 saturated heterocycles. The molecule has 0 aliphatic carbocycles. The van der Waals surface area contributed by atoms with E-state index in [4.69, 9.17) is 8.94 Å². The molecule has 0 bridgehead atoms. The summed E-state index contributed by atoms with van der Waals surface area (Å²) >= 11 is 0. The van der Waals surface area contributed by atoms with E-state index >= 15 is 0 Å². The molecule has 24 heavy (non-hydrogen) atoms. The molecule has 2 aromatic rings. The average Bonchev–Trinajstić information content (AvgIpc) is 3.14. The zero-order valence-electron chi connectivity index (χ0n) is 14.3. The van der Waals surface area contributed by atoms with Gasteiger partial charge in [-0.3, -0.25) is 9.69 Å². The largest absolute Gasteiger partial charge is 0.466 e. The fourth-order valence-corrected chi connectivity index (χ4v) is 2.86. The second-order valence-corrected chi connectivity index (χ2v) is 6.48. The van der Waals surface area contributed by atoms with Crippen molar-refractivity contribution in [2.45, 2.75) is 52.6 Å². The van der Waals surface area contributed by atoms with E-state index in [0.717, 1.165) is 4.90 Å². The zero-order valence-corrected chi connectivity index (χ0v) is 14.3. The molecule has 3 amide bonds. The van der Waals surface area contributed by atoms with Gasteiger partial charge < -0.3 is 14.3 Å². The van der Waals surface area contributed by atoms with E-state index in [1.165, 1.54) is 0 Å². The number of carbonyl (C=O) groups is 2. The molecule has 3 rings (SSSR count). The summed E-state index contributed by atoms with van der Waals surface area (Å²) in [4.78, 5) is 30.5. The summed E-state index contributed by atoms with van der Waals surface area (Å²) in [6.07, 6.45) is 0. The van der Waals surface area contributed by atoms with Crippen LogP contribution in [0.4, 0.5) is 4.79 Å². The molecule has 3 heterocycles. The smallest absolute Gasteiger partial charge is 0.325 e. The van der Waals surface area contributed by atoms with Crippen molar-refractivity contribution in [1.29, 1.82) is 0 Å². The van der Waals surface area contributed by atoms with Gasteiger partial charge in [-0.25, -0.2) is 4.79 Å². The minimum atomic E-state index is -1.16. The Hall–Kier alpha value is -2.64. The highest BCUT2D eigenvalue weighted by Crippen LogP contribution is 2.33. The topological polar surface area (TPSA) is 101 Å². The third-order valence-electron chi connectivity index (χ3n) is 4.13. The highest BCUT2D eigenvalue weighted by molar-refractivity contribution is 6.07. The van der Waals surface area contributed by atoms with Crippen molar-refractivity contribution >= 4 is 11.9 Å². The summed E-state index contributed by atoms with van der Waals surface area (Å²) in [6, 6.07) is 1.28. The summed E-state index contributed by atoms with van der Waals surface area (Å²) in [5.74, 6) is 1.77. The molecule has 1 fully saturated rings. The van der Waals surface area contributed by atoms with Crippen LogP contribution in [-0.2, 0) is 16.9 Å². The van der Waals surface area contributed by atoms with E-state index in [1.807, 2.05) is 13.8 Å². The van der Waals surface area contributed by atoms with Gasteiger partial charge in [0.05, 0.1) is 6.54 Å². The Kier molecular flexibility index (Phi) is 3.70. The maximum atomic E-state index is 12.9. The fourth-order valence-electron chi connectivity index (χ4n) is 2.86. The minimum absolute atomic E-state index is 0.0354. The van der Waals surface area contributed by atoms with Crippen LogP contribution in [-0.4, -0.2) is 27.0 Å². The number of rotatable bonds is 4. The van der Waals surface area contributed by atoms with Crippen LogP contribution < -0.4 is 5.32 Å². The van der Waals surface area contributed by atoms with Gasteiger partial charge >= 0.3 is 6.03 Å². The summed E-state index contributed by atoms with van der Waals surface area (Å²) in [7, 11) is 0. The van der Waals surface area contributed by atoms with Crippen LogP contribution in [0.3, 0.4) is 0 Å². The van der Waals surface area contributed by atoms with Crippen molar-refractivity contribution in [3.63, 3.8) is 0 Å². The maximum absolute atomic E-state index is 12.9. The first-order valence-electron chi connectivity index (χ1n) is 7.76. The summed E-state index contributed by atoms with van der Waals surface area (Å²) in [5, 5.41) is 6.58. The zero-order chi connectivity index (χ0) is 17.6. The lowest BCUT2D eigenvalue weighted by molar-refractivity contribution is -0.131. The predicted molar refractivity (Wildman–Crippen MR) is 83.0 cm³/mol. The van der Waals surface area contributed by atoms with Crippen molar-refractivity contribution in [1.82, 2.24) is 20.4 Å². The SMILES string of the molecule is Cc1cc([C@@]2(C)NC(=O)N(Cc3noc(C(C)C)n3)C2=O)c(C)o1. The van der Waals surface area contributed by atoms with Crippen molar-refractivity contribution in [2.75, 3.05) is 0 Å². The molecule has 8 heteroatoms. The minimum Gasteiger partial charge on any atom is -0.466 e. The predicted octanol–water partition coefficient (Wildman–Crippen LogP) is 2.37. The Morgan fingerprint density at radius 3 is 2.58 bits per heavy atom. The lowest BCUT2D eigenvalue weighted by Crippen LogP contribution is -2.41. The number of hydrogen-bond donors (Lipinski definition) is 1. The third kappa shape index (κ3) is 2.47. The third-order valence-corrected chi connectivity index (χ3v) is 4.13. The lowest BCUT2D eigenvalue weighted by atomic mass is 9.92. The Morgan fingerprint density at radius 1 is 1.33 bits per heavy atom. The highest BCUT2D eigenvalue weighted by Gasteiger charge is 2.50. The van der Waals surface area contributed by atoms with Gasteiger partial charge in [-0.1, -0.05) is 19.0 Å². The number of urea groups is 1. The van der Waals surface area contributed by atoms with Gasteiger partial charge in [0, 0.05) is 11.5 Å². The van der Waals surface area contributed by atoms with E-state index in [9.17, 15) is 9.59 Å². The first-order valence-corrected chi connectivity index (χ1v) is 7.76. The van der Waals surface area contributed by atoms with Gasteiger partial charge in [0.25, 0.3) is 5.91 Å². The van der Waals surface area contributed by atoms with Gasteiger partial charge in [0.1, 0.15) is 17.1 Å². The maximum Gasteiger partial charge on any atom is 0.325 e. The second kappa shape index (κ2) is 5.47. The Morgan fingerprint density at radius 2 is 2.04 bits per heavy atom. The van der Waals surface area contributed by atoms with Crippen molar-refractivity contribution in [3.05, 3.63) is 34.9 Å². The first-order chi connectivity index (χ1) is 11.2. The number of imide groups is 1. The molecule has 0 saturated carbocycles. The molecule has 1 atom stereocenters. The molecule has 8 nitrogen and oxygen atoms in total. The van der Waals surface area contributed by atoms with E-state index in [-0.39, 0.29) is 18.4 Å². The van der Waals surface area contributed by atoms with Crippen LogP contribution >= 0.6 is 0 Å². The quantitative estimate of drug-likeness (QED) is 0.863. The van der Waals surface area contributed by atoms with Crippen LogP contribution in [0.1, 0.15) is 55.5 Å². The summed E-state index contributed by atoms with van der Waals surface area (Å²) in [6.45, 7) is 9.04. The molecule has 0 spiro atoms. The highest BCUT2D eigenvalue weighted by atomic mass is 16.5. The summed E-state index contributed by atoms with van der Waals surface area (Å²) in [5.41, 5.74) is -0.513. The van der Waals surface area contributed by atoms with E-state index in [1.54, 1.807) is 26.8 Å². The molecule has 128 valence electrons. The van der Waals surface area contributed by atoms with Crippen LogP contribution in [0.5, 0.6) is 0 Å². The molecule has 1 aliphatic rings. The molecule has 0 unspecified atom stereocenters. The monoisotopic (exact) mass is 332 g/mol. The van der Waals surface area contributed by atoms with Gasteiger partial charge in [0.15, 0.2) is 5.82 Å². The molecule has 0 aromatic carbocycles. The second-order valence-electron chi connectivity index (χ2n) is 6.48. The molecule has 1 aliphatic heterocycles. The average molecular weight is 332 g/mol. The van der Waals surface area contributed by atoms with Crippen LogP contribution in [0, 0.1) is 13.8 Å². The molecular weight excluding hydrogens is 312 g/mol. The fraction of sp³-hybridized carbons (Fsp3) is 0.500. The molecule has 2 aromatic heterocycles. The number of nitrogens with one attached hydrogen (secondary N) is 1. The normalized spacial score (nSPS) is 21.0.